The van der Waals surface area contributed by atoms with Crippen molar-refractivity contribution < 1.29 is 9.53 Å². The van der Waals surface area contributed by atoms with Gasteiger partial charge in [-0.1, -0.05) is 48.5 Å². The van der Waals surface area contributed by atoms with Crippen molar-refractivity contribution in [3.8, 4) is 5.88 Å². The zero-order chi connectivity index (χ0) is 21.0. The molecule has 2 aromatic heterocycles. The molecule has 0 aliphatic rings. The molecular formula is C24H23N3O2S. The quantitative estimate of drug-likeness (QED) is 0.480. The van der Waals surface area contributed by atoms with Crippen LogP contribution in [0.3, 0.4) is 0 Å². The van der Waals surface area contributed by atoms with Crippen molar-refractivity contribution in [2.24, 2.45) is 0 Å². The van der Waals surface area contributed by atoms with Crippen LogP contribution in [-0.4, -0.2) is 23.0 Å². The molecule has 0 radical (unpaired) electrons. The monoisotopic (exact) mass is 417 g/mol. The predicted molar refractivity (Wildman–Crippen MR) is 120 cm³/mol. The van der Waals surface area contributed by atoms with Gasteiger partial charge in [0.1, 0.15) is 0 Å². The number of nitrogens with one attached hydrogen (secondary N) is 1. The van der Waals surface area contributed by atoms with Crippen molar-refractivity contribution in [1.29, 1.82) is 0 Å². The van der Waals surface area contributed by atoms with Crippen LogP contribution in [0, 0.1) is 0 Å². The Labute approximate surface area is 179 Å². The first-order chi connectivity index (χ1) is 14.6. The molecular weight excluding hydrogens is 394 g/mol. The molecule has 152 valence electrons. The molecule has 1 atom stereocenters. The van der Waals surface area contributed by atoms with E-state index in [1.165, 1.54) is 0 Å². The van der Waals surface area contributed by atoms with Gasteiger partial charge in [-0.2, -0.15) is 0 Å². The number of amides is 1. The molecule has 1 N–H and O–H groups in total. The zero-order valence-electron chi connectivity index (χ0n) is 17.0. The highest BCUT2D eigenvalue weighted by atomic mass is 32.1. The van der Waals surface area contributed by atoms with Crippen molar-refractivity contribution in [2.45, 2.75) is 25.3 Å². The maximum atomic E-state index is 13.5. The summed E-state index contributed by atoms with van der Waals surface area (Å²) < 4.78 is 6.43. The van der Waals surface area contributed by atoms with Crippen molar-refractivity contribution in [3.05, 3.63) is 89.1 Å². The van der Waals surface area contributed by atoms with Gasteiger partial charge in [-0.05, 0) is 30.7 Å². The summed E-state index contributed by atoms with van der Waals surface area (Å²) in [6.07, 6.45) is 2.19. The minimum atomic E-state index is -0.759. The van der Waals surface area contributed by atoms with Crippen molar-refractivity contribution in [3.63, 3.8) is 0 Å². The van der Waals surface area contributed by atoms with E-state index < -0.39 is 5.41 Å². The van der Waals surface area contributed by atoms with E-state index >= 15 is 0 Å². The van der Waals surface area contributed by atoms with Gasteiger partial charge < -0.3 is 10.1 Å². The second-order valence-corrected chi connectivity index (χ2v) is 8.42. The third-order valence-corrected chi connectivity index (χ3v) is 6.27. The van der Waals surface area contributed by atoms with Crippen LogP contribution < -0.4 is 10.1 Å². The lowest BCUT2D eigenvalue weighted by Gasteiger charge is -2.28. The number of aromatic nitrogens is 2. The van der Waals surface area contributed by atoms with Gasteiger partial charge in [0, 0.05) is 24.7 Å². The Morgan fingerprint density at radius 3 is 2.60 bits per heavy atom. The van der Waals surface area contributed by atoms with Gasteiger partial charge >= 0.3 is 0 Å². The molecule has 0 aliphatic carbocycles. The van der Waals surface area contributed by atoms with Gasteiger partial charge in [-0.25, -0.2) is 9.97 Å². The second kappa shape index (κ2) is 8.63. The summed E-state index contributed by atoms with van der Waals surface area (Å²) in [5, 5.41) is 4.03. The van der Waals surface area contributed by atoms with Crippen LogP contribution in [0.2, 0.25) is 0 Å². The number of hydrogen-bond acceptors (Lipinski definition) is 5. The van der Waals surface area contributed by atoms with E-state index in [4.69, 9.17) is 9.72 Å². The van der Waals surface area contributed by atoms with Gasteiger partial charge in [-0.15, -0.1) is 11.3 Å². The third-order valence-electron chi connectivity index (χ3n) is 5.24. The summed E-state index contributed by atoms with van der Waals surface area (Å²) in [6.45, 7) is 2.32. The van der Waals surface area contributed by atoms with Crippen molar-refractivity contribution in [2.75, 3.05) is 7.11 Å². The number of hydrogen-bond donors (Lipinski definition) is 1. The van der Waals surface area contributed by atoms with E-state index in [-0.39, 0.29) is 5.91 Å². The molecule has 30 heavy (non-hydrogen) atoms. The summed E-state index contributed by atoms with van der Waals surface area (Å²) in [5.74, 6) is 0.462. The number of nitrogens with zero attached hydrogens (tertiary/aromatic N) is 2. The van der Waals surface area contributed by atoms with E-state index in [0.717, 1.165) is 26.4 Å². The average molecular weight is 418 g/mol. The number of carbonyl (C=O) groups is 1. The highest BCUT2D eigenvalue weighted by molar-refractivity contribution is 7.18. The van der Waals surface area contributed by atoms with Crippen LogP contribution in [0.5, 0.6) is 5.88 Å². The Morgan fingerprint density at radius 1 is 1.07 bits per heavy atom. The normalized spacial score (nSPS) is 13.0. The second-order valence-electron chi connectivity index (χ2n) is 7.30. The number of carbonyl (C=O) groups excluding carboxylic acids is 1. The molecule has 0 spiro atoms. The Bertz CT molecular complexity index is 1130. The van der Waals surface area contributed by atoms with Crippen LogP contribution in [-0.2, 0) is 23.2 Å². The fraction of sp³-hybridized carbons (Fsp3) is 0.208. The number of para-hydroxylation sites is 1. The van der Waals surface area contributed by atoms with E-state index in [1.807, 2.05) is 67.6 Å². The van der Waals surface area contributed by atoms with Crippen LogP contribution in [0.15, 0.2) is 72.9 Å². The number of methoxy groups -OCH3 is 1. The van der Waals surface area contributed by atoms with Gasteiger partial charge in [0.25, 0.3) is 0 Å². The molecule has 2 aromatic carbocycles. The Kier molecular flexibility index (Phi) is 5.77. The number of pyridine rings is 1. The average Bonchev–Trinajstić information content (AvgIpc) is 3.20. The molecule has 0 bridgehead atoms. The fourth-order valence-electron chi connectivity index (χ4n) is 3.53. The lowest BCUT2D eigenvalue weighted by atomic mass is 9.78. The SMILES string of the molecule is COc1ncccc1CNC(=O)[C@@](C)(Cc1nc2ccccc2s1)c1ccccc1. The zero-order valence-corrected chi connectivity index (χ0v) is 17.8. The summed E-state index contributed by atoms with van der Waals surface area (Å²) in [4.78, 5) is 22.4. The molecule has 0 unspecified atom stereocenters. The molecule has 5 nitrogen and oxygen atoms in total. The topological polar surface area (TPSA) is 64.1 Å². The maximum Gasteiger partial charge on any atom is 0.231 e. The summed E-state index contributed by atoms with van der Waals surface area (Å²) in [6, 6.07) is 21.7. The number of benzene rings is 2. The van der Waals surface area contributed by atoms with Crippen LogP contribution >= 0.6 is 11.3 Å². The van der Waals surface area contributed by atoms with Crippen LogP contribution in [0.1, 0.15) is 23.1 Å². The molecule has 0 saturated heterocycles. The van der Waals surface area contributed by atoms with Gasteiger partial charge in [0.15, 0.2) is 0 Å². The molecule has 4 rings (SSSR count). The van der Waals surface area contributed by atoms with Gasteiger partial charge in [0.05, 0.1) is 27.7 Å². The largest absolute Gasteiger partial charge is 0.481 e. The lowest BCUT2D eigenvalue weighted by Crippen LogP contribution is -2.43. The van der Waals surface area contributed by atoms with Crippen LogP contribution in [0.25, 0.3) is 10.2 Å². The fourth-order valence-corrected chi connectivity index (χ4v) is 4.65. The number of fused-ring (bicyclic) bond motifs is 1. The van der Waals surface area contributed by atoms with E-state index in [1.54, 1.807) is 24.6 Å². The third kappa shape index (κ3) is 4.04. The summed E-state index contributed by atoms with van der Waals surface area (Å²) >= 11 is 1.64. The first-order valence-electron chi connectivity index (χ1n) is 9.76. The predicted octanol–water partition coefficient (Wildman–Crippen LogP) is 4.52. The number of ether oxygens (including phenoxy) is 1. The molecule has 1 amide bonds. The van der Waals surface area contributed by atoms with E-state index in [9.17, 15) is 4.79 Å². The maximum absolute atomic E-state index is 13.5. The summed E-state index contributed by atoms with van der Waals surface area (Å²) in [5.41, 5.74) is 2.00. The first-order valence-corrected chi connectivity index (χ1v) is 10.6. The minimum absolute atomic E-state index is 0.0566. The highest BCUT2D eigenvalue weighted by Crippen LogP contribution is 2.32. The Morgan fingerprint density at radius 2 is 1.83 bits per heavy atom. The molecule has 0 fully saturated rings. The molecule has 6 heteroatoms. The Balaban J connectivity index is 1.62. The van der Waals surface area contributed by atoms with Gasteiger partial charge in [-0.3, -0.25) is 4.79 Å². The lowest BCUT2D eigenvalue weighted by molar-refractivity contribution is -0.126. The molecule has 0 saturated carbocycles. The number of thiazole rings is 1. The summed E-state index contributed by atoms with van der Waals surface area (Å²) in [7, 11) is 1.58. The molecule has 4 aromatic rings. The smallest absolute Gasteiger partial charge is 0.231 e. The van der Waals surface area contributed by atoms with Crippen molar-refractivity contribution >= 4 is 27.5 Å². The van der Waals surface area contributed by atoms with Gasteiger partial charge in [0.2, 0.25) is 11.8 Å². The minimum Gasteiger partial charge on any atom is -0.481 e. The van der Waals surface area contributed by atoms with E-state index in [2.05, 4.69) is 16.4 Å². The highest BCUT2D eigenvalue weighted by Gasteiger charge is 2.36. The van der Waals surface area contributed by atoms with Crippen LogP contribution in [0.4, 0.5) is 0 Å². The van der Waals surface area contributed by atoms with Crippen molar-refractivity contribution in [1.82, 2.24) is 15.3 Å². The first kappa shape index (κ1) is 20.0. The number of rotatable bonds is 7. The standard InChI is InChI=1S/C24H23N3O2S/c1-24(18-10-4-3-5-11-18,15-21-27-19-12-6-7-13-20(19)30-21)23(28)26-16-17-9-8-14-25-22(17)29-2/h3-14H,15-16H2,1-2H3,(H,26,28)/t24-/m0/s1. The Hall–Kier alpha value is -3.25. The van der Waals surface area contributed by atoms with E-state index in [0.29, 0.717) is 18.8 Å². The molecule has 2 heterocycles. The molecule has 0 aliphatic heterocycles.